The first kappa shape index (κ1) is 27.5. The molecule has 0 aliphatic carbocycles. The predicted molar refractivity (Wildman–Crippen MR) is 153 cm³/mol. The van der Waals surface area contributed by atoms with Crippen LogP contribution in [0, 0.1) is 5.82 Å². The van der Waals surface area contributed by atoms with Gasteiger partial charge in [-0.25, -0.2) is 4.39 Å². The third-order valence-corrected chi connectivity index (χ3v) is 6.37. The summed E-state index contributed by atoms with van der Waals surface area (Å²) in [5.41, 5.74) is 2.24. The van der Waals surface area contributed by atoms with E-state index in [1.807, 2.05) is 0 Å². The van der Waals surface area contributed by atoms with E-state index in [2.05, 4.69) is 10.6 Å². The Morgan fingerprint density at radius 3 is 2.13 bits per heavy atom. The minimum Gasteiger partial charge on any atom is -0.321 e. The van der Waals surface area contributed by atoms with Crippen LogP contribution >= 0.6 is 23.2 Å². The van der Waals surface area contributed by atoms with Gasteiger partial charge in [0.05, 0.1) is 10.0 Å². The van der Waals surface area contributed by atoms with Gasteiger partial charge in [-0.1, -0.05) is 65.7 Å². The summed E-state index contributed by atoms with van der Waals surface area (Å²) < 4.78 is 13.4. The highest BCUT2D eigenvalue weighted by Gasteiger charge is 2.15. The van der Waals surface area contributed by atoms with Crippen LogP contribution in [0.3, 0.4) is 0 Å². The first-order valence-corrected chi connectivity index (χ1v) is 12.5. The van der Waals surface area contributed by atoms with Crippen LogP contribution in [0.15, 0.2) is 109 Å². The molecule has 2 N–H and O–H groups in total. The third-order valence-electron chi connectivity index (χ3n) is 5.53. The number of rotatable bonds is 8. The Labute approximate surface area is 234 Å². The molecule has 0 heterocycles. The number of carbonyl (C=O) groups excluding carboxylic acids is 3. The lowest BCUT2D eigenvalue weighted by atomic mass is 10.1. The number of benzene rings is 4. The molecule has 0 radical (unpaired) electrons. The van der Waals surface area contributed by atoms with Crippen LogP contribution < -0.4 is 10.6 Å². The molecule has 2 amide bonds. The van der Waals surface area contributed by atoms with Gasteiger partial charge in [0.25, 0.3) is 11.8 Å². The van der Waals surface area contributed by atoms with E-state index < -0.39 is 17.6 Å². The molecule has 0 spiro atoms. The van der Waals surface area contributed by atoms with Crippen molar-refractivity contribution in [2.75, 3.05) is 5.32 Å². The molecule has 39 heavy (non-hydrogen) atoms. The molecule has 0 atom stereocenters. The maximum absolute atomic E-state index is 13.4. The van der Waals surface area contributed by atoms with Gasteiger partial charge in [0.15, 0.2) is 5.78 Å². The molecule has 0 aliphatic rings. The second-order valence-corrected chi connectivity index (χ2v) is 9.09. The van der Waals surface area contributed by atoms with Crippen molar-refractivity contribution in [1.29, 1.82) is 0 Å². The maximum atomic E-state index is 13.4. The Hall–Kier alpha value is -4.52. The molecule has 4 aromatic rings. The van der Waals surface area contributed by atoms with Crippen LogP contribution in [-0.2, 0) is 4.79 Å². The number of amides is 2. The van der Waals surface area contributed by atoms with Gasteiger partial charge < -0.3 is 10.6 Å². The summed E-state index contributed by atoms with van der Waals surface area (Å²) in [5.74, 6) is -1.77. The van der Waals surface area contributed by atoms with Crippen molar-refractivity contribution in [2.45, 2.75) is 0 Å². The van der Waals surface area contributed by atoms with Gasteiger partial charge in [-0.15, -0.1) is 0 Å². The summed E-state index contributed by atoms with van der Waals surface area (Å²) in [5, 5.41) is 6.07. The zero-order valence-electron chi connectivity index (χ0n) is 20.3. The van der Waals surface area contributed by atoms with E-state index in [1.54, 1.807) is 78.9 Å². The van der Waals surface area contributed by atoms with Crippen molar-refractivity contribution in [3.05, 3.63) is 147 Å². The van der Waals surface area contributed by atoms with Crippen LogP contribution in [0.1, 0.15) is 31.8 Å². The lowest BCUT2D eigenvalue weighted by molar-refractivity contribution is -0.113. The van der Waals surface area contributed by atoms with Gasteiger partial charge in [-0.2, -0.15) is 0 Å². The molecule has 194 valence electrons. The fraction of sp³-hybridized carbons (Fsp3) is 0. The molecule has 0 aliphatic heterocycles. The Morgan fingerprint density at radius 1 is 0.744 bits per heavy atom. The van der Waals surface area contributed by atoms with E-state index in [-0.39, 0.29) is 11.5 Å². The lowest BCUT2D eigenvalue weighted by Gasteiger charge is -2.12. The highest BCUT2D eigenvalue weighted by atomic mass is 35.5. The summed E-state index contributed by atoms with van der Waals surface area (Å²) in [7, 11) is 0. The molecule has 0 saturated carbocycles. The van der Waals surface area contributed by atoms with Crippen LogP contribution in [-0.4, -0.2) is 17.6 Å². The second kappa shape index (κ2) is 12.8. The Bertz CT molecular complexity index is 1570. The van der Waals surface area contributed by atoms with Crippen molar-refractivity contribution >= 4 is 58.6 Å². The number of ketones is 1. The summed E-state index contributed by atoms with van der Waals surface area (Å²) in [4.78, 5) is 38.5. The fourth-order valence-corrected chi connectivity index (χ4v) is 3.87. The number of carbonyl (C=O) groups is 3. The van der Waals surface area contributed by atoms with Gasteiger partial charge in [0.2, 0.25) is 0 Å². The summed E-state index contributed by atoms with van der Waals surface area (Å²) in [6.45, 7) is 0. The van der Waals surface area contributed by atoms with Crippen molar-refractivity contribution in [2.24, 2.45) is 0 Å². The van der Waals surface area contributed by atoms with E-state index in [9.17, 15) is 18.8 Å². The summed E-state index contributed by atoms with van der Waals surface area (Å²) in [6, 6.07) is 25.3. The van der Waals surface area contributed by atoms with Gasteiger partial charge in [0, 0.05) is 16.8 Å². The molecule has 8 heteroatoms. The third kappa shape index (κ3) is 7.51. The van der Waals surface area contributed by atoms with E-state index in [0.717, 1.165) is 0 Å². The number of nitrogens with one attached hydrogen (secondary N) is 2. The van der Waals surface area contributed by atoms with Crippen LogP contribution in [0.4, 0.5) is 10.1 Å². The Balaban J connectivity index is 1.49. The van der Waals surface area contributed by atoms with Gasteiger partial charge >= 0.3 is 0 Å². The van der Waals surface area contributed by atoms with Crippen molar-refractivity contribution in [1.82, 2.24) is 5.32 Å². The van der Waals surface area contributed by atoms with Gasteiger partial charge in [-0.3, -0.25) is 14.4 Å². The zero-order chi connectivity index (χ0) is 27.8. The highest BCUT2D eigenvalue weighted by Crippen LogP contribution is 2.26. The van der Waals surface area contributed by atoms with Crippen LogP contribution in [0.25, 0.3) is 12.2 Å². The van der Waals surface area contributed by atoms with E-state index in [4.69, 9.17) is 23.2 Å². The molecule has 0 fully saturated rings. The number of halogens is 3. The Morgan fingerprint density at radius 2 is 1.44 bits per heavy atom. The monoisotopic (exact) mass is 558 g/mol. The predicted octanol–water partition coefficient (Wildman–Crippen LogP) is 7.44. The molecule has 4 aromatic carbocycles. The number of anilines is 1. The molecule has 4 rings (SSSR count). The number of allylic oxidation sites excluding steroid dienone is 1. The van der Waals surface area contributed by atoms with Crippen LogP contribution in [0.2, 0.25) is 10.0 Å². The van der Waals surface area contributed by atoms with Crippen molar-refractivity contribution in [3.8, 4) is 0 Å². The maximum Gasteiger partial charge on any atom is 0.272 e. The number of hydrogen-bond donors (Lipinski definition) is 2. The Kier molecular flexibility index (Phi) is 9.05. The largest absolute Gasteiger partial charge is 0.321 e. The average molecular weight is 559 g/mol. The van der Waals surface area contributed by atoms with Crippen LogP contribution in [0.5, 0.6) is 0 Å². The molecule has 5 nitrogen and oxygen atoms in total. The molecule has 0 aromatic heterocycles. The number of hydrogen-bond acceptors (Lipinski definition) is 3. The lowest BCUT2D eigenvalue weighted by Crippen LogP contribution is -2.30. The van der Waals surface area contributed by atoms with E-state index in [0.29, 0.717) is 38.0 Å². The summed E-state index contributed by atoms with van der Waals surface area (Å²) >= 11 is 12.2. The molecule has 0 bridgehead atoms. The smallest absolute Gasteiger partial charge is 0.272 e. The zero-order valence-corrected chi connectivity index (χ0v) is 21.8. The first-order valence-electron chi connectivity index (χ1n) is 11.7. The van der Waals surface area contributed by atoms with Gasteiger partial charge in [0.1, 0.15) is 11.5 Å². The quantitative estimate of drug-likeness (QED) is 0.174. The topological polar surface area (TPSA) is 75.3 Å². The van der Waals surface area contributed by atoms with E-state index >= 15 is 0 Å². The fourth-order valence-electron chi connectivity index (χ4n) is 3.50. The van der Waals surface area contributed by atoms with Crippen molar-refractivity contribution < 1.29 is 18.8 Å². The molecular formula is C31H21Cl2FN2O3. The highest BCUT2D eigenvalue weighted by molar-refractivity contribution is 6.43. The summed E-state index contributed by atoms with van der Waals surface area (Å²) in [6.07, 6.45) is 4.40. The standard InChI is InChI=1S/C31H21Cl2FN2O3/c32-26-8-4-7-22(29(26)33)13-18-28(37)21-11-16-25(17-12-21)35-31(39)27(19-20-9-14-24(34)15-10-20)36-30(38)23-5-2-1-3-6-23/h1-19H,(H,35,39)(H,36,38)/b18-13+,27-19-. The van der Waals surface area contributed by atoms with E-state index in [1.165, 1.54) is 36.4 Å². The SMILES string of the molecule is O=C(Nc1ccc(C(=O)/C=C/c2cccc(Cl)c2Cl)cc1)/C(=C/c1ccc(F)cc1)NC(=O)c1ccccc1. The second-order valence-electron chi connectivity index (χ2n) is 8.30. The first-order chi connectivity index (χ1) is 18.8. The molecular weight excluding hydrogens is 538 g/mol. The van der Waals surface area contributed by atoms with Crippen molar-refractivity contribution in [3.63, 3.8) is 0 Å². The molecule has 0 saturated heterocycles. The average Bonchev–Trinajstić information content (AvgIpc) is 2.95. The minimum absolute atomic E-state index is 0.0445. The normalized spacial score (nSPS) is 11.3. The van der Waals surface area contributed by atoms with Gasteiger partial charge in [-0.05, 0) is 84.0 Å². The minimum atomic E-state index is -0.599. The molecule has 0 unspecified atom stereocenters.